The Morgan fingerprint density at radius 1 is 1.12 bits per heavy atom. The Labute approximate surface area is 173 Å². The number of hydrogen-bond acceptors (Lipinski definition) is 3. The maximum atomic E-state index is 6.02. The Hall–Kier alpha value is -1.83. The summed E-state index contributed by atoms with van der Waals surface area (Å²) < 4.78 is 0. The third-order valence-corrected chi connectivity index (χ3v) is 4.56. The number of nitrogens with two attached hydrogens (primary N) is 1. The maximum absolute atomic E-state index is 6.02. The molecule has 140 valence electrons. The number of pyridine rings is 1. The minimum Gasteiger partial charge on any atom is -0.370 e. The van der Waals surface area contributed by atoms with E-state index < -0.39 is 0 Å². The van der Waals surface area contributed by atoms with Crippen LogP contribution in [-0.2, 0) is 13.0 Å². The van der Waals surface area contributed by atoms with Crippen molar-refractivity contribution >= 4 is 41.4 Å². The van der Waals surface area contributed by atoms with Crippen molar-refractivity contribution in [1.82, 2.24) is 4.98 Å². The first-order chi connectivity index (χ1) is 12.2. The van der Waals surface area contributed by atoms with Gasteiger partial charge in [-0.25, -0.2) is 9.98 Å². The first-order valence-electron chi connectivity index (χ1n) is 9.10. The van der Waals surface area contributed by atoms with Gasteiger partial charge in [-0.05, 0) is 61.1 Å². The van der Waals surface area contributed by atoms with Crippen LogP contribution in [0.15, 0.2) is 47.6 Å². The van der Waals surface area contributed by atoms with Crippen molar-refractivity contribution in [3.05, 3.63) is 53.7 Å². The van der Waals surface area contributed by atoms with Gasteiger partial charge in [0.1, 0.15) is 5.82 Å². The highest BCUT2D eigenvalue weighted by molar-refractivity contribution is 14.0. The van der Waals surface area contributed by atoms with Crippen LogP contribution >= 0.6 is 24.0 Å². The van der Waals surface area contributed by atoms with E-state index in [0.717, 1.165) is 36.6 Å². The van der Waals surface area contributed by atoms with E-state index in [1.165, 1.54) is 24.8 Å². The Morgan fingerprint density at radius 2 is 1.85 bits per heavy atom. The zero-order valence-corrected chi connectivity index (χ0v) is 17.6. The summed E-state index contributed by atoms with van der Waals surface area (Å²) in [6.07, 6.45) is 6.71. The van der Waals surface area contributed by atoms with Crippen molar-refractivity contribution in [2.75, 3.05) is 23.3 Å². The van der Waals surface area contributed by atoms with Crippen LogP contribution in [0.5, 0.6) is 0 Å². The number of guanidine groups is 1. The summed E-state index contributed by atoms with van der Waals surface area (Å²) >= 11 is 0. The SMILES string of the molecule is CCc1ccc(NC(N)=NCc2ccnc(N3CCCCC3)c2)cc1.I. The number of anilines is 2. The van der Waals surface area contributed by atoms with E-state index in [-0.39, 0.29) is 24.0 Å². The fourth-order valence-electron chi connectivity index (χ4n) is 3.04. The van der Waals surface area contributed by atoms with Crippen LogP contribution in [0, 0.1) is 0 Å². The maximum Gasteiger partial charge on any atom is 0.193 e. The highest BCUT2D eigenvalue weighted by Gasteiger charge is 2.12. The van der Waals surface area contributed by atoms with Gasteiger partial charge < -0.3 is 16.0 Å². The first kappa shape index (κ1) is 20.5. The van der Waals surface area contributed by atoms with Crippen molar-refractivity contribution in [2.45, 2.75) is 39.2 Å². The number of piperidine rings is 1. The van der Waals surface area contributed by atoms with E-state index in [2.05, 4.69) is 45.3 Å². The van der Waals surface area contributed by atoms with E-state index in [0.29, 0.717) is 12.5 Å². The second-order valence-corrected chi connectivity index (χ2v) is 6.45. The summed E-state index contributed by atoms with van der Waals surface area (Å²) in [6, 6.07) is 12.4. The molecule has 1 saturated heterocycles. The highest BCUT2D eigenvalue weighted by Crippen LogP contribution is 2.18. The summed E-state index contributed by atoms with van der Waals surface area (Å²) in [5, 5.41) is 3.14. The van der Waals surface area contributed by atoms with E-state index in [4.69, 9.17) is 5.73 Å². The lowest BCUT2D eigenvalue weighted by atomic mass is 10.1. The van der Waals surface area contributed by atoms with Crippen LogP contribution in [0.1, 0.15) is 37.3 Å². The lowest BCUT2D eigenvalue weighted by molar-refractivity contribution is 0.573. The summed E-state index contributed by atoms with van der Waals surface area (Å²) in [6.45, 7) is 4.88. The van der Waals surface area contributed by atoms with Crippen LogP contribution in [0.4, 0.5) is 11.5 Å². The van der Waals surface area contributed by atoms with Crippen LogP contribution in [-0.4, -0.2) is 24.0 Å². The van der Waals surface area contributed by atoms with Crippen molar-refractivity contribution in [3.63, 3.8) is 0 Å². The molecule has 5 nitrogen and oxygen atoms in total. The van der Waals surface area contributed by atoms with Gasteiger partial charge in [-0.15, -0.1) is 24.0 Å². The molecule has 0 saturated carbocycles. The van der Waals surface area contributed by atoms with Crippen LogP contribution in [0.2, 0.25) is 0 Å². The van der Waals surface area contributed by atoms with E-state index in [1.54, 1.807) is 0 Å². The van der Waals surface area contributed by atoms with Gasteiger partial charge in [-0.1, -0.05) is 19.1 Å². The Balaban J connectivity index is 0.00000243. The molecule has 2 aromatic rings. The molecule has 3 N–H and O–H groups in total. The average Bonchev–Trinajstić information content (AvgIpc) is 2.68. The molecule has 0 aliphatic carbocycles. The predicted octanol–water partition coefficient (Wildman–Crippen LogP) is 4.18. The number of aromatic nitrogens is 1. The van der Waals surface area contributed by atoms with Crippen LogP contribution < -0.4 is 16.0 Å². The molecule has 0 unspecified atom stereocenters. The van der Waals surface area contributed by atoms with Crippen LogP contribution in [0.3, 0.4) is 0 Å². The Kier molecular flexibility index (Phi) is 8.15. The van der Waals surface area contributed by atoms with Crippen molar-refractivity contribution in [2.24, 2.45) is 10.7 Å². The first-order valence-corrected chi connectivity index (χ1v) is 9.10. The number of benzene rings is 1. The summed E-state index contributed by atoms with van der Waals surface area (Å²) in [5.41, 5.74) is 9.41. The standard InChI is InChI=1S/C20H27N5.HI/c1-2-16-6-8-18(9-7-16)24-20(21)23-15-17-10-11-22-19(14-17)25-12-4-3-5-13-25;/h6-11,14H,2-5,12-13,15H2,1H3,(H3,21,23,24);1H. The number of nitrogens with zero attached hydrogens (tertiary/aromatic N) is 3. The fraction of sp³-hybridized carbons (Fsp3) is 0.400. The molecule has 0 amide bonds. The average molecular weight is 465 g/mol. The van der Waals surface area contributed by atoms with Gasteiger partial charge in [0.05, 0.1) is 6.54 Å². The topological polar surface area (TPSA) is 66.5 Å². The second kappa shape index (κ2) is 10.4. The minimum absolute atomic E-state index is 0. The number of nitrogens with one attached hydrogen (secondary N) is 1. The molecule has 0 radical (unpaired) electrons. The number of aliphatic imine (C=N–C) groups is 1. The van der Waals surface area contributed by atoms with Crippen molar-refractivity contribution in [3.8, 4) is 0 Å². The molecule has 1 aromatic carbocycles. The molecule has 26 heavy (non-hydrogen) atoms. The second-order valence-electron chi connectivity index (χ2n) is 6.45. The summed E-state index contributed by atoms with van der Waals surface area (Å²) in [7, 11) is 0. The summed E-state index contributed by atoms with van der Waals surface area (Å²) in [5.74, 6) is 1.48. The van der Waals surface area contributed by atoms with Gasteiger partial charge in [0.25, 0.3) is 0 Å². The number of hydrogen-bond donors (Lipinski definition) is 2. The van der Waals surface area contributed by atoms with E-state index >= 15 is 0 Å². The van der Waals surface area contributed by atoms with Gasteiger partial charge in [-0.3, -0.25) is 0 Å². The number of aryl methyl sites for hydroxylation is 1. The normalized spacial score (nSPS) is 14.7. The molecule has 0 atom stereocenters. The fourth-order valence-corrected chi connectivity index (χ4v) is 3.04. The van der Waals surface area contributed by atoms with Crippen molar-refractivity contribution < 1.29 is 0 Å². The number of halogens is 1. The van der Waals surface area contributed by atoms with Gasteiger partial charge in [-0.2, -0.15) is 0 Å². The summed E-state index contributed by atoms with van der Waals surface area (Å²) in [4.78, 5) is 11.3. The van der Waals surface area contributed by atoms with E-state index in [1.807, 2.05) is 24.4 Å². The monoisotopic (exact) mass is 465 g/mol. The van der Waals surface area contributed by atoms with Crippen LogP contribution in [0.25, 0.3) is 0 Å². The van der Waals surface area contributed by atoms with E-state index in [9.17, 15) is 0 Å². The smallest absolute Gasteiger partial charge is 0.193 e. The molecule has 1 aromatic heterocycles. The molecule has 3 rings (SSSR count). The molecular weight excluding hydrogens is 437 g/mol. The molecule has 0 spiro atoms. The zero-order chi connectivity index (χ0) is 17.5. The number of rotatable bonds is 5. The lowest BCUT2D eigenvalue weighted by Gasteiger charge is -2.27. The Morgan fingerprint density at radius 3 is 2.54 bits per heavy atom. The van der Waals surface area contributed by atoms with Crippen molar-refractivity contribution in [1.29, 1.82) is 0 Å². The van der Waals surface area contributed by atoms with Gasteiger partial charge in [0.15, 0.2) is 5.96 Å². The third-order valence-electron chi connectivity index (χ3n) is 4.56. The predicted molar refractivity (Wildman–Crippen MR) is 120 cm³/mol. The van der Waals surface area contributed by atoms with Gasteiger partial charge >= 0.3 is 0 Å². The lowest BCUT2D eigenvalue weighted by Crippen LogP contribution is -2.30. The quantitative estimate of drug-likeness (QED) is 0.395. The third kappa shape index (κ3) is 5.86. The molecule has 6 heteroatoms. The zero-order valence-electron chi connectivity index (χ0n) is 15.3. The minimum atomic E-state index is 0. The largest absolute Gasteiger partial charge is 0.370 e. The molecule has 1 aliphatic rings. The molecular formula is C20H28IN5. The molecule has 2 heterocycles. The highest BCUT2D eigenvalue weighted by atomic mass is 127. The van der Waals surface area contributed by atoms with Gasteiger partial charge in [0, 0.05) is 25.0 Å². The molecule has 0 bridgehead atoms. The van der Waals surface area contributed by atoms with Gasteiger partial charge in [0.2, 0.25) is 0 Å². The molecule has 1 aliphatic heterocycles. The Bertz CT molecular complexity index is 708. The molecule has 1 fully saturated rings.